The minimum atomic E-state index is 0. The van der Waals surface area contributed by atoms with E-state index >= 15 is 0 Å². The van der Waals surface area contributed by atoms with Crippen molar-refractivity contribution in [2.45, 2.75) is 50.1 Å². The molecule has 18 heavy (non-hydrogen) atoms. The summed E-state index contributed by atoms with van der Waals surface area (Å²) in [5.41, 5.74) is 1.35. The van der Waals surface area contributed by atoms with Crippen LogP contribution in [0.5, 0.6) is 5.75 Å². The predicted octanol–water partition coefficient (Wildman–Crippen LogP) is 3.48. The third-order valence-electron chi connectivity index (χ3n) is 5.19. The number of rotatable bonds is 1. The number of likely N-dealkylation sites (N-methyl/N-ethyl adjacent to an activating group) is 1. The zero-order chi connectivity index (χ0) is 12.0. The maximum Gasteiger partial charge on any atom is 0.119 e. The van der Waals surface area contributed by atoms with Crippen molar-refractivity contribution in [2.24, 2.45) is 0 Å². The Hall–Kier alpha value is -0.540. The molecule has 0 radical (unpaired) electrons. The molecular formula is C15H22BrNO. The van der Waals surface area contributed by atoms with Gasteiger partial charge in [-0.2, -0.15) is 0 Å². The van der Waals surface area contributed by atoms with E-state index in [9.17, 15) is 5.11 Å². The molecule has 0 aromatic heterocycles. The quantitative estimate of drug-likeness (QED) is 0.858. The molecule has 0 amide bonds. The van der Waals surface area contributed by atoms with Gasteiger partial charge in [-0.3, -0.25) is 4.90 Å². The van der Waals surface area contributed by atoms with E-state index < -0.39 is 0 Å². The molecule has 1 heterocycles. The van der Waals surface area contributed by atoms with Crippen molar-refractivity contribution in [3.05, 3.63) is 29.8 Å². The number of phenolic OH excluding ortho intramolecular Hbond substituents is 1. The van der Waals surface area contributed by atoms with Crippen molar-refractivity contribution < 1.29 is 5.11 Å². The number of halogens is 1. The third kappa shape index (κ3) is 1.79. The second-order valence-electron chi connectivity index (χ2n) is 5.76. The van der Waals surface area contributed by atoms with E-state index in [0.29, 0.717) is 17.8 Å². The highest BCUT2D eigenvalue weighted by atomic mass is 79.9. The molecule has 1 N–H and O–H groups in total. The summed E-state index contributed by atoms with van der Waals surface area (Å²) in [7, 11) is 2.24. The molecule has 1 aromatic rings. The predicted molar refractivity (Wildman–Crippen MR) is 79.6 cm³/mol. The molecule has 1 aliphatic heterocycles. The number of hydrogen-bond donors (Lipinski definition) is 1. The molecule has 3 rings (SSSR count). The van der Waals surface area contributed by atoms with Gasteiger partial charge in [0.25, 0.3) is 0 Å². The van der Waals surface area contributed by atoms with E-state index in [-0.39, 0.29) is 22.4 Å². The zero-order valence-corrected chi connectivity index (χ0v) is 12.8. The van der Waals surface area contributed by atoms with Crippen LogP contribution in [0.1, 0.15) is 38.2 Å². The van der Waals surface area contributed by atoms with Crippen molar-refractivity contribution in [2.75, 3.05) is 7.05 Å². The Morgan fingerprint density at radius 2 is 2.06 bits per heavy atom. The van der Waals surface area contributed by atoms with Crippen LogP contribution in [0.2, 0.25) is 0 Å². The maximum absolute atomic E-state index is 10.2. The van der Waals surface area contributed by atoms with Crippen LogP contribution in [0.25, 0.3) is 0 Å². The first-order valence-electron chi connectivity index (χ1n) is 6.65. The highest BCUT2D eigenvalue weighted by molar-refractivity contribution is 8.93. The van der Waals surface area contributed by atoms with Gasteiger partial charge in [0.05, 0.1) is 0 Å². The molecule has 1 aliphatic carbocycles. The van der Waals surface area contributed by atoms with Gasteiger partial charge >= 0.3 is 0 Å². The summed E-state index contributed by atoms with van der Waals surface area (Å²) in [6.45, 7) is 2.32. The molecular weight excluding hydrogens is 290 g/mol. The average molecular weight is 312 g/mol. The van der Waals surface area contributed by atoms with Gasteiger partial charge in [0.2, 0.25) is 0 Å². The highest BCUT2D eigenvalue weighted by Crippen LogP contribution is 2.52. The zero-order valence-electron chi connectivity index (χ0n) is 11.1. The molecule has 2 bridgehead atoms. The van der Waals surface area contributed by atoms with Crippen LogP contribution >= 0.6 is 17.0 Å². The number of phenols is 1. The minimum Gasteiger partial charge on any atom is -0.508 e. The Morgan fingerprint density at radius 3 is 2.78 bits per heavy atom. The lowest BCUT2D eigenvalue weighted by Crippen LogP contribution is -2.38. The molecule has 1 aromatic carbocycles. The fraction of sp³-hybridized carbons (Fsp3) is 0.600. The van der Waals surface area contributed by atoms with E-state index in [4.69, 9.17) is 0 Å². The molecule has 0 spiro atoms. The van der Waals surface area contributed by atoms with Gasteiger partial charge < -0.3 is 5.11 Å². The van der Waals surface area contributed by atoms with Gasteiger partial charge in [-0.15, -0.1) is 17.0 Å². The normalized spacial score (nSPS) is 35.2. The van der Waals surface area contributed by atoms with E-state index in [0.717, 1.165) is 0 Å². The Labute approximate surface area is 120 Å². The van der Waals surface area contributed by atoms with Crippen molar-refractivity contribution in [1.82, 2.24) is 4.90 Å². The molecule has 1 saturated heterocycles. The fourth-order valence-electron chi connectivity index (χ4n) is 4.08. The highest BCUT2D eigenvalue weighted by Gasteiger charge is 2.52. The van der Waals surface area contributed by atoms with Crippen LogP contribution in [-0.4, -0.2) is 29.1 Å². The summed E-state index contributed by atoms with van der Waals surface area (Å²) in [5, 5.41) is 10.2. The Balaban J connectivity index is 0.00000120. The summed E-state index contributed by atoms with van der Waals surface area (Å²) >= 11 is 0. The summed E-state index contributed by atoms with van der Waals surface area (Å²) < 4.78 is 0. The second-order valence-corrected chi connectivity index (χ2v) is 5.76. The van der Waals surface area contributed by atoms with Crippen LogP contribution in [0.15, 0.2) is 24.3 Å². The smallest absolute Gasteiger partial charge is 0.119 e. The first kappa shape index (κ1) is 13.9. The van der Waals surface area contributed by atoms with Crippen molar-refractivity contribution in [1.29, 1.82) is 0 Å². The van der Waals surface area contributed by atoms with Gasteiger partial charge in [-0.05, 0) is 39.3 Å². The van der Waals surface area contributed by atoms with Crippen molar-refractivity contribution >= 4 is 17.0 Å². The van der Waals surface area contributed by atoms with E-state index in [1.54, 1.807) is 0 Å². The molecule has 1 saturated carbocycles. The van der Waals surface area contributed by atoms with Gasteiger partial charge in [-0.1, -0.05) is 24.6 Å². The summed E-state index contributed by atoms with van der Waals surface area (Å²) in [4.78, 5) is 2.51. The molecule has 100 valence electrons. The summed E-state index contributed by atoms with van der Waals surface area (Å²) in [6, 6.07) is 9.16. The SMILES string of the molecule is Br.CC1N(C)C2CCCC1(c1ccccc1O)C2. The standard InChI is InChI=1S/C15H21NO.BrH/c1-11-15(13-7-3-4-8-14(13)17)9-5-6-12(10-15)16(11)2;/h3-4,7-8,11-12,17H,5-6,9-10H2,1-2H3;1H. The molecule has 2 aliphatic rings. The first-order chi connectivity index (χ1) is 8.15. The lowest BCUT2D eigenvalue weighted by molar-refractivity contribution is 0.238. The number of aromatic hydroxyl groups is 1. The van der Waals surface area contributed by atoms with Crippen molar-refractivity contribution in [3.8, 4) is 5.75 Å². The monoisotopic (exact) mass is 311 g/mol. The average Bonchev–Trinajstić information content (AvgIpc) is 2.52. The van der Waals surface area contributed by atoms with Gasteiger partial charge in [0.1, 0.15) is 5.75 Å². The van der Waals surface area contributed by atoms with Crippen LogP contribution in [0, 0.1) is 0 Å². The fourth-order valence-corrected chi connectivity index (χ4v) is 4.08. The molecule has 3 atom stereocenters. The lowest BCUT2D eigenvalue weighted by atomic mass is 9.67. The Bertz CT molecular complexity index is 436. The number of hydrogen-bond acceptors (Lipinski definition) is 2. The number of benzene rings is 1. The molecule has 3 unspecified atom stereocenters. The summed E-state index contributed by atoms with van der Waals surface area (Å²) in [6.07, 6.45) is 5.03. The topological polar surface area (TPSA) is 23.5 Å². The number of fused-ring (bicyclic) bond motifs is 2. The lowest BCUT2D eigenvalue weighted by Gasteiger charge is -2.36. The molecule has 2 nitrogen and oxygen atoms in total. The summed E-state index contributed by atoms with van der Waals surface area (Å²) in [5.74, 6) is 0.482. The van der Waals surface area contributed by atoms with Gasteiger partial charge in [0, 0.05) is 23.1 Å². The van der Waals surface area contributed by atoms with Crippen LogP contribution < -0.4 is 0 Å². The second kappa shape index (κ2) is 4.86. The van der Waals surface area contributed by atoms with E-state index in [2.05, 4.69) is 31.0 Å². The van der Waals surface area contributed by atoms with Crippen LogP contribution in [0.3, 0.4) is 0 Å². The molecule has 3 heteroatoms. The number of nitrogens with zero attached hydrogens (tertiary/aromatic N) is 1. The van der Waals surface area contributed by atoms with Crippen molar-refractivity contribution in [3.63, 3.8) is 0 Å². The Morgan fingerprint density at radius 1 is 1.33 bits per heavy atom. The number of para-hydroxylation sites is 1. The minimum absolute atomic E-state index is 0. The van der Waals surface area contributed by atoms with E-state index in [1.165, 1.54) is 31.2 Å². The van der Waals surface area contributed by atoms with Gasteiger partial charge in [0.15, 0.2) is 0 Å². The third-order valence-corrected chi connectivity index (χ3v) is 5.19. The van der Waals surface area contributed by atoms with E-state index in [1.807, 2.05) is 12.1 Å². The first-order valence-corrected chi connectivity index (χ1v) is 6.65. The Kier molecular flexibility index (Phi) is 3.75. The molecule has 2 fully saturated rings. The van der Waals surface area contributed by atoms with Gasteiger partial charge in [-0.25, -0.2) is 0 Å². The number of likely N-dealkylation sites (tertiary alicyclic amines) is 1. The van der Waals surface area contributed by atoms with Crippen LogP contribution in [0.4, 0.5) is 0 Å². The maximum atomic E-state index is 10.2. The van der Waals surface area contributed by atoms with Crippen LogP contribution in [-0.2, 0) is 5.41 Å². The largest absolute Gasteiger partial charge is 0.508 e.